The highest BCUT2D eigenvalue weighted by atomic mass is 127. The molecule has 1 aromatic heterocycles. The number of hydrogen-bond donors (Lipinski definition) is 2. The normalized spacial score (nSPS) is 11.0. The summed E-state index contributed by atoms with van der Waals surface area (Å²) in [6.07, 6.45) is 4.66. The van der Waals surface area contributed by atoms with Crippen molar-refractivity contribution < 1.29 is 4.74 Å². The van der Waals surface area contributed by atoms with Gasteiger partial charge in [0.2, 0.25) is 0 Å². The topological polar surface area (TPSA) is 63.5 Å². The zero-order chi connectivity index (χ0) is 15.6. The van der Waals surface area contributed by atoms with Crippen LogP contribution in [0.4, 0.5) is 0 Å². The number of methoxy groups -OCH3 is 1. The van der Waals surface area contributed by atoms with Gasteiger partial charge in [-0.05, 0) is 30.2 Å². The molecule has 0 unspecified atom stereocenters. The minimum atomic E-state index is 0. The highest BCUT2D eigenvalue weighted by molar-refractivity contribution is 14.0. The average molecular weight is 429 g/mol. The van der Waals surface area contributed by atoms with Crippen molar-refractivity contribution in [3.8, 4) is 5.69 Å². The number of rotatable bonds is 7. The van der Waals surface area contributed by atoms with E-state index in [2.05, 4.69) is 45.0 Å². The number of hydrogen-bond acceptors (Lipinski definition) is 3. The summed E-state index contributed by atoms with van der Waals surface area (Å²) in [5.41, 5.74) is 2.24. The maximum atomic E-state index is 5.02. The third-order valence-electron chi connectivity index (χ3n) is 3.21. The van der Waals surface area contributed by atoms with Crippen LogP contribution in [0.15, 0.2) is 47.7 Å². The van der Waals surface area contributed by atoms with Crippen molar-refractivity contribution in [2.75, 3.05) is 27.3 Å². The molecule has 0 atom stereocenters. The van der Waals surface area contributed by atoms with Gasteiger partial charge in [-0.15, -0.1) is 24.0 Å². The largest absolute Gasteiger partial charge is 0.385 e. The molecule has 0 bridgehead atoms. The van der Waals surface area contributed by atoms with Crippen molar-refractivity contribution >= 4 is 29.9 Å². The van der Waals surface area contributed by atoms with Gasteiger partial charge in [0, 0.05) is 46.2 Å². The summed E-state index contributed by atoms with van der Waals surface area (Å²) < 4.78 is 6.86. The number of nitrogens with zero attached hydrogens (tertiary/aromatic N) is 3. The molecule has 0 saturated carbocycles. The molecular formula is C16H24IN5O. The molecule has 6 nitrogen and oxygen atoms in total. The van der Waals surface area contributed by atoms with Crippen LogP contribution in [0.3, 0.4) is 0 Å². The lowest BCUT2D eigenvalue weighted by Gasteiger charge is -2.12. The molecule has 0 radical (unpaired) electrons. The van der Waals surface area contributed by atoms with E-state index in [1.54, 1.807) is 20.4 Å². The Labute approximate surface area is 154 Å². The van der Waals surface area contributed by atoms with E-state index in [0.29, 0.717) is 0 Å². The Morgan fingerprint density at radius 2 is 2.04 bits per heavy atom. The van der Waals surface area contributed by atoms with Gasteiger partial charge in [0.05, 0.1) is 5.69 Å². The van der Waals surface area contributed by atoms with E-state index in [4.69, 9.17) is 4.74 Å². The molecule has 126 valence electrons. The van der Waals surface area contributed by atoms with E-state index in [-0.39, 0.29) is 24.0 Å². The molecule has 1 aromatic carbocycles. The van der Waals surface area contributed by atoms with Gasteiger partial charge < -0.3 is 15.4 Å². The first kappa shape index (κ1) is 19.4. The fourth-order valence-corrected chi connectivity index (χ4v) is 2.02. The molecule has 2 N–H and O–H groups in total. The molecular weight excluding hydrogens is 405 g/mol. The monoisotopic (exact) mass is 429 g/mol. The fourth-order valence-electron chi connectivity index (χ4n) is 2.02. The second-order valence-electron chi connectivity index (χ2n) is 4.82. The summed E-state index contributed by atoms with van der Waals surface area (Å²) in [5.74, 6) is 0.798. The first-order chi connectivity index (χ1) is 10.8. The van der Waals surface area contributed by atoms with E-state index in [1.807, 2.05) is 16.9 Å². The van der Waals surface area contributed by atoms with Gasteiger partial charge in [0.1, 0.15) is 0 Å². The van der Waals surface area contributed by atoms with Gasteiger partial charge >= 0.3 is 0 Å². The highest BCUT2D eigenvalue weighted by Crippen LogP contribution is 2.08. The standard InChI is InChI=1S/C16H23N5O.HI/c1-17-16(18-9-4-12-22-2)19-13-14-5-7-15(8-6-14)21-11-3-10-20-21;/h3,5-8,10-11H,4,9,12-13H2,1-2H3,(H2,17,18,19);1H. The first-order valence-corrected chi connectivity index (χ1v) is 7.36. The molecule has 7 heteroatoms. The molecule has 0 saturated heterocycles. The van der Waals surface area contributed by atoms with E-state index in [1.165, 1.54) is 5.56 Å². The average Bonchev–Trinajstić information content (AvgIpc) is 3.09. The van der Waals surface area contributed by atoms with Gasteiger partial charge in [0.25, 0.3) is 0 Å². The third-order valence-corrected chi connectivity index (χ3v) is 3.21. The van der Waals surface area contributed by atoms with Crippen molar-refractivity contribution in [1.29, 1.82) is 0 Å². The van der Waals surface area contributed by atoms with Crippen LogP contribution in [-0.4, -0.2) is 43.0 Å². The number of aliphatic imine (C=N–C) groups is 1. The number of nitrogens with one attached hydrogen (secondary N) is 2. The van der Waals surface area contributed by atoms with Crippen LogP contribution < -0.4 is 10.6 Å². The molecule has 0 aliphatic carbocycles. The van der Waals surface area contributed by atoms with Crippen molar-refractivity contribution in [2.45, 2.75) is 13.0 Å². The van der Waals surface area contributed by atoms with E-state index < -0.39 is 0 Å². The van der Waals surface area contributed by atoms with Crippen LogP contribution in [0.25, 0.3) is 5.69 Å². The maximum absolute atomic E-state index is 5.02. The first-order valence-electron chi connectivity index (χ1n) is 7.36. The Kier molecular flexibility index (Phi) is 9.30. The van der Waals surface area contributed by atoms with Crippen molar-refractivity contribution in [1.82, 2.24) is 20.4 Å². The van der Waals surface area contributed by atoms with E-state index in [9.17, 15) is 0 Å². The van der Waals surface area contributed by atoms with Gasteiger partial charge in [-0.3, -0.25) is 4.99 Å². The summed E-state index contributed by atoms with van der Waals surface area (Å²) in [5, 5.41) is 10.8. The Morgan fingerprint density at radius 3 is 2.65 bits per heavy atom. The molecule has 23 heavy (non-hydrogen) atoms. The maximum Gasteiger partial charge on any atom is 0.191 e. The van der Waals surface area contributed by atoms with Crippen LogP contribution in [-0.2, 0) is 11.3 Å². The lowest BCUT2D eigenvalue weighted by atomic mass is 10.2. The van der Waals surface area contributed by atoms with Crippen LogP contribution in [0, 0.1) is 0 Å². The highest BCUT2D eigenvalue weighted by Gasteiger charge is 2.00. The predicted molar refractivity (Wildman–Crippen MR) is 104 cm³/mol. The van der Waals surface area contributed by atoms with Crippen molar-refractivity contribution in [3.05, 3.63) is 48.3 Å². The van der Waals surface area contributed by atoms with Crippen LogP contribution in [0.2, 0.25) is 0 Å². The SMILES string of the molecule is CN=C(NCCCOC)NCc1ccc(-n2cccn2)cc1.I. The Morgan fingerprint density at radius 1 is 1.26 bits per heavy atom. The Hall–Kier alpha value is -1.61. The number of benzene rings is 1. The summed E-state index contributed by atoms with van der Waals surface area (Å²) in [4.78, 5) is 4.20. The van der Waals surface area contributed by atoms with Crippen molar-refractivity contribution in [2.24, 2.45) is 4.99 Å². The summed E-state index contributed by atoms with van der Waals surface area (Å²) in [7, 11) is 3.48. The predicted octanol–water partition coefficient (Wildman–Crippen LogP) is 2.19. The zero-order valence-electron chi connectivity index (χ0n) is 13.5. The van der Waals surface area contributed by atoms with E-state index >= 15 is 0 Å². The number of ether oxygens (including phenoxy) is 1. The zero-order valence-corrected chi connectivity index (χ0v) is 15.9. The summed E-state index contributed by atoms with van der Waals surface area (Å²) in [6, 6.07) is 10.2. The summed E-state index contributed by atoms with van der Waals surface area (Å²) >= 11 is 0. The molecule has 0 amide bonds. The van der Waals surface area contributed by atoms with Gasteiger partial charge in [-0.25, -0.2) is 4.68 Å². The molecule has 2 aromatic rings. The molecule has 0 fully saturated rings. The second-order valence-corrected chi connectivity index (χ2v) is 4.82. The Balaban J connectivity index is 0.00000264. The minimum absolute atomic E-state index is 0. The van der Waals surface area contributed by atoms with Gasteiger partial charge in [-0.2, -0.15) is 5.10 Å². The van der Waals surface area contributed by atoms with Crippen LogP contribution >= 0.6 is 24.0 Å². The lowest BCUT2D eigenvalue weighted by Crippen LogP contribution is -2.37. The molecule has 2 rings (SSSR count). The second kappa shape index (κ2) is 11.0. The quantitative estimate of drug-likeness (QED) is 0.307. The van der Waals surface area contributed by atoms with Gasteiger partial charge in [0.15, 0.2) is 5.96 Å². The van der Waals surface area contributed by atoms with Gasteiger partial charge in [-0.1, -0.05) is 12.1 Å². The fraction of sp³-hybridized carbons (Fsp3) is 0.375. The van der Waals surface area contributed by atoms with Crippen LogP contribution in [0.1, 0.15) is 12.0 Å². The minimum Gasteiger partial charge on any atom is -0.385 e. The number of guanidine groups is 1. The lowest BCUT2D eigenvalue weighted by molar-refractivity contribution is 0.195. The summed E-state index contributed by atoms with van der Waals surface area (Å²) in [6.45, 7) is 2.31. The van der Waals surface area contributed by atoms with Crippen LogP contribution in [0.5, 0.6) is 0 Å². The third kappa shape index (κ3) is 6.57. The molecule has 1 heterocycles. The smallest absolute Gasteiger partial charge is 0.191 e. The van der Waals surface area contributed by atoms with E-state index in [0.717, 1.165) is 37.8 Å². The number of aromatic nitrogens is 2. The molecule has 0 spiro atoms. The molecule has 0 aliphatic heterocycles. The Bertz CT molecular complexity index is 569. The number of halogens is 1. The molecule has 0 aliphatic rings. The van der Waals surface area contributed by atoms with Crippen molar-refractivity contribution in [3.63, 3.8) is 0 Å².